The summed E-state index contributed by atoms with van der Waals surface area (Å²) in [7, 11) is 0. The molecule has 1 aliphatic rings. The van der Waals surface area contributed by atoms with E-state index in [9.17, 15) is 5.11 Å². The van der Waals surface area contributed by atoms with Gasteiger partial charge in [0.15, 0.2) is 0 Å². The zero-order valence-electron chi connectivity index (χ0n) is 21.5. The van der Waals surface area contributed by atoms with Gasteiger partial charge in [-0.25, -0.2) is 0 Å². The van der Waals surface area contributed by atoms with E-state index in [-0.39, 0.29) is 0 Å². The molecule has 2 aromatic carbocycles. The van der Waals surface area contributed by atoms with E-state index in [1.807, 2.05) is 48.5 Å². The highest BCUT2D eigenvalue weighted by Crippen LogP contribution is 2.33. The predicted molar refractivity (Wildman–Crippen MR) is 142 cm³/mol. The molecular formula is C29H39N3O4. The number of ether oxygens (including phenoxy) is 2. The van der Waals surface area contributed by atoms with Crippen molar-refractivity contribution in [2.75, 3.05) is 50.9 Å². The first-order valence-corrected chi connectivity index (χ1v) is 13.0. The molecule has 7 nitrogen and oxygen atoms in total. The fraction of sp³-hybridized carbons (Fsp3) is 0.483. The zero-order valence-corrected chi connectivity index (χ0v) is 21.5. The van der Waals surface area contributed by atoms with Crippen LogP contribution in [0, 0.1) is 5.92 Å². The Balaban J connectivity index is 1.49. The van der Waals surface area contributed by atoms with Gasteiger partial charge in [-0.1, -0.05) is 79.7 Å². The summed E-state index contributed by atoms with van der Waals surface area (Å²) in [6, 6.07) is 20.2. The first kappa shape index (κ1) is 26.4. The molecule has 1 aromatic heterocycles. The Labute approximate surface area is 214 Å². The van der Waals surface area contributed by atoms with Gasteiger partial charge >= 0.3 is 0 Å². The van der Waals surface area contributed by atoms with Crippen LogP contribution < -0.4 is 4.90 Å². The number of hydrogen-bond acceptors (Lipinski definition) is 7. The highest BCUT2D eigenvalue weighted by Gasteiger charge is 2.26. The van der Waals surface area contributed by atoms with Crippen LogP contribution in [0.4, 0.5) is 5.88 Å². The van der Waals surface area contributed by atoms with Crippen molar-refractivity contribution in [1.82, 2.24) is 10.1 Å². The number of aromatic nitrogens is 1. The lowest BCUT2D eigenvalue weighted by Gasteiger charge is -2.29. The summed E-state index contributed by atoms with van der Waals surface area (Å²) >= 11 is 0. The predicted octanol–water partition coefficient (Wildman–Crippen LogP) is 4.60. The maximum atomic E-state index is 10.9. The molecule has 194 valence electrons. The number of aliphatic hydroxyl groups excluding tert-OH is 1. The molecule has 0 bridgehead atoms. The number of morpholine rings is 1. The molecule has 3 aromatic rings. The molecule has 1 fully saturated rings. The quantitative estimate of drug-likeness (QED) is 0.373. The molecule has 1 atom stereocenters. The lowest BCUT2D eigenvalue weighted by atomic mass is 10.1. The van der Waals surface area contributed by atoms with Gasteiger partial charge in [-0.2, -0.15) is 0 Å². The summed E-state index contributed by atoms with van der Waals surface area (Å²) in [6.45, 7) is 10.2. The summed E-state index contributed by atoms with van der Waals surface area (Å²) in [5.74, 6) is 1.37. The molecule has 7 heteroatoms. The van der Waals surface area contributed by atoms with E-state index in [1.165, 1.54) is 0 Å². The van der Waals surface area contributed by atoms with Gasteiger partial charge in [0.2, 0.25) is 5.88 Å². The molecular weight excluding hydrogens is 454 g/mol. The minimum Gasteiger partial charge on any atom is -0.389 e. The topological polar surface area (TPSA) is 71.2 Å². The Hall–Kier alpha value is -2.71. The maximum Gasteiger partial charge on any atom is 0.232 e. The molecule has 36 heavy (non-hydrogen) atoms. The largest absolute Gasteiger partial charge is 0.389 e. The normalized spacial score (nSPS) is 15.1. The molecule has 0 radical (unpaired) electrons. The van der Waals surface area contributed by atoms with Crippen LogP contribution in [0.3, 0.4) is 0 Å². The Morgan fingerprint density at radius 3 is 2.42 bits per heavy atom. The number of aliphatic hydroxyl groups is 1. The number of rotatable bonds is 13. The third-order valence-electron chi connectivity index (χ3n) is 6.41. The molecule has 2 heterocycles. The SMILES string of the molecule is CC(C)CCN(Cc1c(-c2ccccc2)noc1N1CCOCC1)CC(O)COCc1ccccc1. The van der Waals surface area contributed by atoms with Crippen molar-refractivity contribution < 1.29 is 19.1 Å². The van der Waals surface area contributed by atoms with Crippen LogP contribution in [-0.2, 0) is 22.6 Å². The lowest BCUT2D eigenvalue weighted by molar-refractivity contribution is 0.00790. The summed E-state index contributed by atoms with van der Waals surface area (Å²) in [6.07, 6.45) is 0.448. The van der Waals surface area contributed by atoms with Gasteiger partial charge < -0.3 is 24.0 Å². The fourth-order valence-corrected chi connectivity index (χ4v) is 4.42. The third kappa shape index (κ3) is 7.64. The number of anilines is 1. The summed E-state index contributed by atoms with van der Waals surface area (Å²) in [5.41, 5.74) is 4.06. The highest BCUT2D eigenvalue weighted by atomic mass is 16.5. The van der Waals surface area contributed by atoms with Gasteiger partial charge in [0.05, 0.1) is 38.1 Å². The van der Waals surface area contributed by atoms with Crippen LogP contribution in [0.1, 0.15) is 31.4 Å². The smallest absolute Gasteiger partial charge is 0.232 e. The van der Waals surface area contributed by atoms with Crippen molar-refractivity contribution >= 4 is 5.88 Å². The average Bonchev–Trinajstić information content (AvgIpc) is 3.32. The fourth-order valence-electron chi connectivity index (χ4n) is 4.42. The molecule has 4 rings (SSSR count). The molecule has 1 N–H and O–H groups in total. The zero-order chi connectivity index (χ0) is 25.2. The highest BCUT2D eigenvalue weighted by molar-refractivity contribution is 5.68. The van der Waals surface area contributed by atoms with Gasteiger partial charge in [0.25, 0.3) is 0 Å². The Morgan fingerprint density at radius 2 is 1.72 bits per heavy atom. The van der Waals surface area contributed by atoms with Crippen LogP contribution in [0.2, 0.25) is 0 Å². The van der Waals surface area contributed by atoms with E-state index in [4.69, 9.17) is 14.0 Å². The van der Waals surface area contributed by atoms with Crippen LogP contribution in [0.25, 0.3) is 11.3 Å². The molecule has 0 aliphatic carbocycles. The van der Waals surface area contributed by atoms with E-state index in [1.54, 1.807) is 0 Å². The summed E-state index contributed by atoms with van der Waals surface area (Å²) in [4.78, 5) is 4.53. The van der Waals surface area contributed by atoms with E-state index in [0.717, 1.165) is 54.3 Å². The Bertz CT molecular complexity index is 1020. The van der Waals surface area contributed by atoms with E-state index < -0.39 is 6.10 Å². The average molecular weight is 494 g/mol. The molecule has 0 saturated carbocycles. The molecule has 0 spiro atoms. The first-order valence-electron chi connectivity index (χ1n) is 13.0. The maximum absolute atomic E-state index is 10.9. The van der Waals surface area contributed by atoms with Gasteiger partial charge in [-0.15, -0.1) is 0 Å². The minimum atomic E-state index is -0.590. The minimum absolute atomic E-state index is 0.290. The van der Waals surface area contributed by atoms with Gasteiger partial charge in [-0.05, 0) is 24.4 Å². The Morgan fingerprint density at radius 1 is 1.03 bits per heavy atom. The van der Waals surface area contributed by atoms with Crippen LogP contribution >= 0.6 is 0 Å². The second-order valence-corrected chi connectivity index (χ2v) is 9.85. The van der Waals surface area contributed by atoms with Gasteiger partial charge in [-0.3, -0.25) is 4.90 Å². The van der Waals surface area contributed by atoms with Crippen molar-refractivity contribution in [2.24, 2.45) is 5.92 Å². The van der Waals surface area contributed by atoms with Crippen LogP contribution in [0.15, 0.2) is 65.2 Å². The van der Waals surface area contributed by atoms with E-state index in [0.29, 0.717) is 45.4 Å². The van der Waals surface area contributed by atoms with Crippen LogP contribution in [0.5, 0.6) is 0 Å². The Kier molecular flexibility index (Phi) is 9.93. The van der Waals surface area contributed by atoms with Crippen molar-refractivity contribution in [2.45, 2.75) is 39.5 Å². The molecule has 1 saturated heterocycles. The van der Waals surface area contributed by atoms with Crippen molar-refractivity contribution in [3.63, 3.8) is 0 Å². The van der Waals surface area contributed by atoms with Crippen molar-refractivity contribution in [1.29, 1.82) is 0 Å². The third-order valence-corrected chi connectivity index (χ3v) is 6.41. The monoisotopic (exact) mass is 493 g/mol. The van der Waals surface area contributed by atoms with Crippen molar-refractivity contribution in [3.05, 3.63) is 71.8 Å². The second kappa shape index (κ2) is 13.6. The molecule has 1 aliphatic heterocycles. The number of hydrogen-bond donors (Lipinski definition) is 1. The number of benzene rings is 2. The molecule has 1 unspecified atom stereocenters. The lowest BCUT2D eigenvalue weighted by Crippen LogP contribution is -2.38. The van der Waals surface area contributed by atoms with Gasteiger partial charge in [0.1, 0.15) is 5.69 Å². The summed E-state index contributed by atoms with van der Waals surface area (Å²) < 4.78 is 17.3. The first-order chi connectivity index (χ1) is 17.6. The van der Waals surface area contributed by atoms with E-state index in [2.05, 4.69) is 40.9 Å². The molecule has 0 amide bonds. The van der Waals surface area contributed by atoms with Crippen LogP contribution in [-0.4, -0.2) is 67.3 Å². The standard InChI is InChI=1S/C29H39N3O4/c1-23(2)13-14-31(19-26(33)22-35-21-24-9-5-3-6-10-24)20-27-28(25-11-7-4-8-12-25)30-36-29(27)32-15-17-34-18-16-32/h3-12,23,26,33H,13-22H2,1-2H3. The van der Waals surface area contributed by atoms with E-state index >= 15 is 0 Å². The summed E-state index contributed by atoms with van der Waals surface area (Å²) in [5, 5.41) is 15.4. The van der Waals surface area contributed by atoms with Crippen molar-refractivity contribution in [3.8, 4) is 11.3 Å². The second-order valence-electron chi connectivity index (χ2n) is 9.85. The van der Waals surface area contributed by atoms with Gasteiger partial charge in [0, 0.05) is 31.7 Å². The number of nitrogens with zero attached hydrogens (tertiary/aromatic N) is 3.